The summed E-state index contributed by atoms with van der Waals surface area (Å²) >= 11 is 0. The van der Waals surface area contributed by atoms with E-state index >= 15 is 0 Å². The summed E-state index contributed by atoms with van der Waals surface area (Å²) in [5, 5.41) is 0. The van der Waals surface area contributed by atoms with Crippen molar-refractivity contribution in [2.75, 3.05) is 24.5 Å². The lowest BCUT2D eigenvalue weighted by Crippen LogP contribution is -2.50. The van der Waals surface area contributed by atoms with Gasteiger partial charge in [-0.1, -0.05) is 36.4 Å². The zero-order chi connectivity index (χ0) is 19.7. The van der Waals surface area contributed by atoms with Crippen LogP contribution >= 0.6 is 0 Å². The maximum atomic E-state index is 12.7. The number of amides is 1. The minimum atomic E-state index is -0.546. The van der Waals surface area contributed by atoms with Gasteiger partial charge in [-0.25, -0.2) is 4.98 Å². The first-order chi connectivity index (χ1) is 14.3. The number of hydrogen-bond acceptors (Lipinski definition) is 4. The van der Waals surface area contributed by atoms with Gasteiger partial charge in [0.1, 0.15) is 12.0 Å². The molecule has 1 unspecified atom stereocenters. The first-order valence-corrected chi connectivity index (χ1v) is 10.9. The molecule has 152 valence electrons. The summed E-state index contributed by atoms with van der Waals surface area (Å²) in [6.07, 6.45) is 8.25. The van der Waals surface area contributed by atoms with E-state index in [4.69, 9.17) is 4.74 Å². The lowest BCUT2D eigenvalue weighted by molar-refractivity contribution is -0.139. The molecule has 4 aliphatic rings. The van der Waals surface area contributed by atoms with Crippen molar-refractivity contribution in [1.82, 2.24) is 9.88 Å². The van der Waals surface area contributed by atoms with Crippen LogP contribution < -0.4 is 4.90 Å². The molecular weight excluding hydrogens is 362 g/mol. The molecule has 5 heteroatoms. The number of pyridine rings is 1. The number of carbonyl (C=O) groups is 1. The van der Waals surface area contributed by atoms with E-state index in [-0.39, 0.29) is 12.1 Å². The van der Waals surface area contributed by atoms with Crippen molar-refractivity contribution in [3.8, 4) is 0 Å². The highest BCUT2D eigenvalue weighted by molar-refractivity contribution is 5.87. The van der Waals surface area contributed by atoms with Crippen molar-refractivity contribution < 1.29 is 9.53 Å². The van der Waals surface area contributed by atoms with Crippen LogP contribution in [0.2, 0.25) is 0 Å². The molecule has 1 spiro atoms. The molecule has 1 atom stereocenters. The molecule has 1 amide bonds. The van der Waals surface area contributed by atoms with E-state index in [1.165, 1.54) is 18.4 Å². The fraction of sp³-hybridized carbons (Fsp3) is 0.500. The van der Waals surface area contributed by atoms with E-state index < -0.39 is 5.60 Å². The molecule has 1 aromatic heterocycles. The standard InChI is InChI=1S/C18H23N3O2.C6H6/c22-17-18(23-16-2-1-9-21(16)17)6-10-20(11-7-18)15-12-14(5-8-19-15)13-3-4-13;1-2-4-6-5-3-1/h5,8,12-13,16H,1-4,6-7,9-11H2;1-6H. The molecule has 0 bridgehead atoms. The van der Waals surface area contributed by atoms with Crippen LogP contribution in [-0.4, -0.2) is 47.3 Å². The van der Waals surface area contributed by atoms with Gasteiger partial charge in [-0.3, -0.25) is 4.79 Å². The van der Waals surface area contributed by atoms with Gasteiger partial charge >= 0.3 is 0 Å². The Bertz CT molecular complexity index is 818. The number of carbonyl (C=O) groups excluding carboxylic acids is 1. The SMILES string of the molecule is O=C1N2CCCC2OC12CCN(c1cc(C3CC3)ccn1)CC2.c1ccccc1. The van der Waals surface area contributed by atoms with E-state index in [9.17, 15) is 4.79 Å². The smallest absolute Gasteiger partial charge is 0.257 e. The number of hydrogen-bond donors (Lipinski definition) is 0. The number of anilines is 1. The third-order valence-electron chi connectivity index (χ3n) is 6.59. The molecule has 0 radical (unpaired) electrons. The summed E-state index contributed by atoms with van der Waals surface area (Å²) in [5.74, 6) is 2.05. The average molecular weight is 392 g/mol. The van der Waals surface area contributed by atoms with Crippen molar-refractivity contribution >= 4 is 11.7 Å². The minimum absolute atomic E-state index is 0.0466. The fourth-order valence-corrected chi connectivity index (χ4v) is 4.75. The summed E-state index contributed by atoms with van der Waals surface area (Å²) in [7, 11) is 0. The maximum absolute atomic E-state index is 12.7. The highest BCUT2D eigenvalue weighted by Gasteiger charge is 2.55. The Morgan fingerprint density at radius 1 is 0.966 bits per heavy atom. The molecule has 1 aromatic carbocycles. The highest BCUT2D eigenvalue weighted by Crippen LogP contribution is 2.42. The Labute approximate surface area is 172 Å². The second-order valence-electron chi connectivity index (χ2n) is 8.57. The van der Waals surface area contributed by atoms with Gasteiger partial charge in [-0.05, 0) is 49.3 Å². The van der Waals surface area contributed by atoms with Crippen LogP contribution in [0.3, 0.4) is 0 Å². The Kier molecular flexibility index (Phi) is 5.00. The van der Waals surface area contributed by atoms with Crippen LogP contribution in [-0.2, 0) is 9.53 Å². The molecule has 1 saturated carbocycles. The molecule has 1 aliphatic carbocycles. The molecule has 4 heterocycles. The van der Waals surface area contributed by atoms with Crippen LogP contribution in [0.15, 0.2) is 54.7 Å². The van der Waals surface area contributed by atoms with Crippen LogP contribution in [0.5, 0.6) is 0 Å². The minimum Gasteiger partial charge on any atom is -0.356 e. The number of benzene rings is 1. The van der Waals surface area contributed by atoms with Crippen molar-refractivity contribution in [3.63, 3.8) is 0 Å². The quantitative estimate of drug-likeness (QED) is 0.777. The molecular formula is C24H29N3O2. The van der Waals surface area contributed by atoms with Crippen molar-refractivity contribution in [3.05, 3.63) is 60.3 Å². The number of nitrogens with zero attached hydrogens (tertiary/aromatic N) is 3. The number of fused-ring (bicyclic) bond motifs is 1. The van der Waals surface area contributed by atoms with Gasteiger partial charge in [0.15, 0.2) is 5.60 Å². The van der Waals surface area contributed by atoms with Gasteiger partial charge in [0.25, 0.3) is 5.91 Å². The normalized spacial score (nSPS) is 25.0. The molecule has 29 heavy (non-hydrogen) atoms. The fourth-order valence-electron chi connectivity index (χ4n) is 4.75. The van der Waals surface area contributed by atoms with Gasteiger partial charge in [0.05, 0.1) is 0 Å². The molecule has 2 aromatic rings. The summed E-state index contributed by atoms with van der Waals surface area (Å²) < 4.78 is 6.21. The van der Waals surface area contributed by atoms with Gasteiger partial charge in [0, 0.05) is 38.7 Å². The summed E-state index contributed by atoms with van der Waals surface area (Å²) in [4.78, 5) is 21.6. The number of ether oxygens (including phenoxy) is 1. The lowest BCUT2D eigenvalue weighted by Gasteiger charge is -2.37. The zero-order valence-corrected chi connectivity index (χ0v) is 16.9. The van der Waals surface area contributed by atoms with Crippen LogP contribution in [0.4, 0.5) is 5.82 Å². The van der Waals surface area contributed by atoms with E-state index in [0.717, 1.165) is 57.1 Å². The second kappa shape index (κ2) is 7.79. The Morgan fingerprint density at radius 2 is 1.66 bits per heavy atom. The predicted molar refractivity (Wildman–Crippen MR) is 113 cm³/mol. The number of rotatable bonds is 2. The van der Waals surface area contributed by atoms with Crippen LogP contribution in [0.25, 0.3) is 0 Å². The number of aromatic nitrogens is 1. The lowest BCUT2D eigenvalue weighted by atomic mass is 9.90. The first kappa shape index (κ1) is 18.6. The van der Waals surface area contributed by atoms with Crippen molar-refractivity contribution in [2.45, 2.75) is 56.3 Å². The van der Waals surface area contributed by atoms with E-state index in [0.29, 0.717) is 0 Å². The predicted octanol–water partition coefficient (Wildman–Crippen LogP) is 3.96. The number of piperidine rings is 1. The van der Waals surface area contributed by atoms with E-state index in [1.54, 1.807) is 0 Å². The van der Waals surface area contributed by atoms with Gasteiger partial charge in [-0.15, -0.1) is 0 Å². The topological polar surface area (TPSA) is 45.7 Å². The van der Waals surface area contributed by atoms with Gasteiger partial charge in [-0.2, -0.15) is 0 Å². The zero-order valence-electron chi connectivity index (χ0n) is 16.9. The first-order valence-electron chi connectivity index (χ1n) is 10.9. The van der Waals surface area contributed by atoms with Crippen molar-refractivity contribution in [1.29, 1.82) is 0 Å². The summed E-state index contributed by atoms with van der Waals surface area (Å²) in [6.45, 7) is 2.58. The molecule has 5 nitrogen and oxygen atoms in total. The summed E-state index contributed by atoms with van der Waals surface area (Å²) in [5.41, 5.74) is 0.875. The molecule has 3 saturated heterocycles. The third-order valence-corrected chi connectivity index (χ3v) is 6.59. The molecule has 6 rings (SSSR count). The van der Waals surface area contributed by atoms with E-state index in [2.05, 4.69) is 22.0 Å². The van der Waals surface area contributed by atoms with Crippen LogP contribution in [0.1, 0.15) is 50.0 Å². The largest absolute Gasteiger partial charge is 0.356 e. The van der Waals surface area contributed by atoms with Gasteiger partial charge in [0.2, 0.25) is 0 Å². The van der Waals surface area contributed by atoms with Gasteiger partial charge < -0.3 is 14.5 Å². The highest BCUT2D eigenvalue weighted by atomic mass is 16.6. The molecule has 0 N–H and O–H groups in total. The average Bonchev–Trinajstić information content (AvgIpc) is 3.49. The summed E-state index contributed by atoms with van der Waals surface area (Å²) in [6, 6.07) is 16.4. The Balaban J connectivity index is 0.000000262. The Morgan fingerprint density at radius 3 is 2.28 bits per heavy atom. The van der Waals surface area contributed by atoms with E-state index in [1.807, 2.05) is 47.5 Å². The Hall–Kier alpha value is -2.40. The van der Waals surface area contributed by atoms with Crippen LogP contribution in [0, 0.1) is 0 Å². The molecule has 4 fully saturated rings. The third kappa shape index (κ3) is 3.76. The molecule has 3 aliphatic heterocycles. The monoisotopic (exact) mass is 391 g/mol. The second-order valence-corrected chi connectivity index (χ2v) is 8.57. The maximum Gasteiger partial charge on any atom is 0.257 e. The van der Waals surface area contributed by atoms with Crippen molar-refractivity contribution in [2.24, 2.45) is 0 Å².